The van der Waals surface area contributed by atoms with Crippen molar-refractivity contribution in [3.8, 4) is 0 Å². The molecule has 1 heterocycles. The molecule has 1 atom stereocenters. The number of cyclic esters (lactones) is 1. The van der Waals surface area contributed by atoms with Crippen LogP contribution in [0.25, 0.3) is 0 Å². The summed E-state index contributed by atoms with van der Waals surface area (Å²) in [5.41, 5.74) is 0.460. The normalized spacial score (nSPS) is 20.5. The van der Waals surface area contributed by atoms with Crippen LogP contribution in [0.15, 0.2) is 23.2 Å². The standard InChI is InChI=1S/C11H14O4/c1-7(4-5-12)6-9-10(14-3)8(2)11(13)15-9/h5-7H,4H2,1-3H3/b9-6-/t7-/m0/s1. The first-order valence-corrected chi connectivity index (χ1v) is 4.73. The van der Waals surface area contributed by atoms with E-state index in [0.717, 1.165) is 6.29 Å². The molecule has 1 aliphatic heterocycles. The Labute approximate surface area is 88.6 Å². The summed E-state index contributed by atoms with van der Waals surface area (Å²) in [6.07, 6.45) is 2.96. The maximum Gasteiger partial charge on any atom is 0.343 e. The lowest BCUT2D eigenvalue weighted by Crippen LogP contribution is -1.98. The summed E-state index contributed by atoms with van der Waals surface area (Å²) in [6.45, 7) is 3.52. The van der Waals surface area contributed by atoms with Gasteiger partial charge in [0.1, 0.15) is 6.29 Å². The number of carbonyl (C=O) groups excluding carboxylic acids is 2. The van der Waals surface area contributed by atoms with E-state index in [-0.39, 0.29) is 5.92 Å². The molecule has 4 heteroatoms. The van der Waals surface area contributed by atoms with E-state index in [1.807, 2.05) is 6.92 Å². The van der Waals surface area contributed by atoms with E-state index >= 15 is 0 Å². The van der Waals surface area contributed by atoms with Gasteiger partial charge in [0.2, 0.25) is 0 Å². The van der Waals surface area contributed by atoms with Crippen molar-refractivity contribution in [3.63, 3.8) is 0 Å². The molecule has 0 saturated heterocycles. The van der Waals surface area contributed by atoms with Gasteiger partial charge >= 0.3 is 5.97 Å². The van der Waals surface area contributed by atoms with Gasteiger partial charge in [-0.2, -0.15) is 0 Å². The maximum atomic E-state index is 11.2. The number of methoxy groups -OCH3 is 1. The second kappa shape index (κ2) is 4.77. The van der Waals surface area contributed by atoms with Crippen molar-refractivity contribution in [1.29, 1.82) is 0 Å². The molecule has 0 spiro atoms. The number of carbonyl (C=O) groups is 2. The van der Waals surface area contributed by atoms with Crippen molar-refractivity contribution in [2.45, 2.75) is 20.3 Å². The molecule has 0 aromatic rings. The summed E-state index contributed by atoms with van der Waals surface area (Å²) in [5.74, 6) is 0.504. The Hall–Kier alpha value is -1.58. The van der Waals surface area contributed by atoms with Crippen LogP contribution >= 0.6 is 0 Å². The van der Waals surface area contributed by atoms with Crippen molar-refractivity contribution in [3.05, 3.63) is 23.2 Å². The summed E-state index contributed by atoms with van der Waals surface area (Å²) in [6, 6.07) is 0. The zero-order valence-corrected chi connectivity index (χ0v) is 9.07. The van der Waals surface area contributed by atoms with Crippen LogP contribution in [0.2, 0.25) is 0 Å². The van der Waals surface area contributed by atoms with Gasteiger partial charge in [0.05, 0.1) is 12.7 Å². The van der Waals surface area contributed by atoms with Crippen LogP contribution in [0.4, 0.5) is 0 Å². The van der Waals surface area contributed by atoms with Gasteiger partial charge in [-0.15, -0.1) is 0 Å². The molecule has 4 nitrogen and oxygen atoms in total. The minimum atomic E-state index is -0.392. The predicted molar refractivity (Wildman–Crippen MR) is 53.7 cm³/mol. The minimum absolute atomic E-state index is 0.0290. The fourth-order valence-electron chi connectivity index (χ4n) is 1.34. The summed E-state index contributed by atoms with van der Waals surface area (Å²) in [4.78, 5) is 21.5. The molecule has 0 radical (unpaired) electrons. The second-order valence-electron chi connectivity index (χ2n) is 3.46. The molecule has 0 amide bonds. The van der Waals surface area contributed by atoms with Crippen molar-refractivity contribution < 1.29 is 19.1 Å². The van der Waals surface area contributed by atoms with Crippen molar-refractivity contribution in [2.75, 3.05) is 7.11 Å². The SMILES string of the molecule is COC1=C(C)C(=O)O/C1=C\[C@@H](C)CC=O. The Balaban J connectivity index is 2.89. The van der Waals surface area contributed by atoms with Gasteiger partial charge in [-0.1, -0.05) is 6.92 Å². The van der Waals surface area contributed by atoms with Gasteiger partial charge in [-0.05, 0) is 18.9 Å². The quantitative estimate of drug-likeness (QED) is 0.522. The predicted octanol–water partition coefficient (Wildman–Crippen LogP) is 1.57. The van der Waals surface area contributed by atoms with Crippen LogP contribution in [0.1, 0.15) is 20.3 Å². The van der Waals surface area contributed by atoms with Gasteiger partial charge in [-0.3, -0.25) is 0 Å². The van der Waals surface area contributed by atoms with Crippen molar-refractivity contribution in [1.82, 2.24) is 0 Å². The van der Waals surface area contributed by atoms with Crippen LogP contribution in [-0.2, 0) is 19.1 Å². The average molecular weight is 210 g/mol. The van der Waals surface area contributed by atoms with Crippen LogP contribution < -0.4 is 0 Å². The lowest BCUT2D eigenvalue weighted by atomic mass is 10.1. The highest BCUT2D eigenvalue weighted by atomic mass is 16.6. The molecule has 0 saturated carbocycles. The van der Waals surface area contributed by atoms with E-state index in [1.165, 1.54) is 7.11 Å². The molecule has 0 bridgehead atoms. The van der Waals surface area contributed by atoms with E-state index in [9.17, 15) is 9.59 Å². The molecular formula is C11H14O4. The molecule has 0 aliphatic carbocycles. The Bertz CT molecular complexity index is 338. The molecule has 15 heavy (non-hydrogen) atoms. The summed E-state index contributed by atoms with van der Waals surface area (Å²) in [5, 5.41) is 0. The number of aldehydes is 1. The van der Waals surface area contributed by atoms with E-state index in [0.29, 0.717) is 23.5 Å². The number of hydrogen-bond acceptors (Lipinski definition) is 4. The molecule has 0 N–H and O–H groups in total. The number of esters is 1. The number of ether oxygens (including phenoxy) is 2. The average Bonchev–Trinajstić information content (AvgIpc) is 2.42. The third kappa shape index (κ3) is 2.46. The number of rotatable bonds is 4. The van der Waals surface area contributed by atoms with Gasteiger partial charge in [0.15, 0.2) is 11.5 Å². The largest absolute Gasteiger partial charge is 0.492 e. The lowest BCUT2D eigenvalue weighted by Gasteiger charge is -2.05. The Kier molecular flexibility index (Phi) is 3.66. The van der Waals surface area contributed by atoms with E-state index < -0.39 is 5.97 Å². The number of allylic oxidation sites excluding steroid dienone is 1. The Morgan fingerprint density at radius 2 is 2.20 bits per heavy atom. The zero-order valence-electron chi connectivity index (χ0n) is 9.07. The topological polar surface area (TPSA) is 52.6 Å². The monoisotopic (exact) mass is 210 g/mol. The fraction of sp³-hybridized carbons (Fsp3) is 0.455. The summed E-state index contributed by atoms with van der Waals surface area (Å²) < 4.78 is 10.1. The van der Waals surface area contributed by atoms with Crippen LogP contribution in [0.3, 0.4) is 0 Å². The maximum absolute atomic E-state index is 11.2. The molecule has 0 fully saturated rings. The zero-order chi connectivity index (χ0) is 11.4. The molecular weight excluding hydrogens is 196 g/mol. The highest BCUT2D eigenvalue weighted by Crippen LogP contribution is 2.27. The van der Waals surface area contributed by atoms with Crippen LogP contribution in [0, 0.1) is 5.92 Å². The summed E-state index contributed by atoms with van der Waals surface area (Å²) >= 11 is 0. The van der Waals surface area contributed by atoms with Crippen LogP contribution in [-0.4, -0.2) is 19.4 Å². The molecule has 82 valence electrons. The van der Waals surface area contributed by atoms with Crippen LogP contribution in [0.5, 0.6) is 0 Å². The smallest absolute Gasteiger partial charge is 0.343 e. The minimum Gasteiger partial charge on any atom is -0.492 e. The first-order chi connectivity index (χ1) is 7.10. The lowest BCUT2D eigenvalue weighted by molar-refractivity contribution is -0.133. The van der Waals surface area contributed by atoms with E-state index in [2.05, 4.69) is 0 Å². The van der Waals surface area contributed by atoms with Gasteiger partial charge in [0, 0.05) is 6.42 Å². The first-order valence-electron chi connectivity index (χ1n) is 4.73. The highest BCUT2D eigenvalue weighted by molar-refractivity contribution is 5.93. The molecule has 1 aliphatic rings. The van der Waals surface area contributed by atoms with Crippen molar-refractivity contribution >= 4 is 12.3 Å². The fourth-order valence-corrected chi connectivity index (χ4v) is 1.34. The van der Waals surface area contributed by atoms with Gasteiger partial charge in [0.25, 0.3) is 0 Å². The third-order valence-electron chi connectivity index (χ3n) is 2.18. The highest BCUT2D eigenvalue weighted by Gasteiger charge is 2.27. The van der Waals surface area contributed by atoms with Gasteiger partial charge < -0.3 is 14.3 Å². The number of hydrogen-bond donors (Lipinski definition) is 0. The van der Waals surface area contributed by atoms with E-state index in [4.69, 9.17) is 9.47 Å². The molecule has 0 aromatic heterocycles. The molecule has 1 rings (SSSR count). The molecule has 0 aromatic carbocycles. The third-order valence-corrected chi connectivity index (χ3v) is 2.18. The van der Waals surface area contributed by atoms with Gasteiger partial charge in [-0.25, -0.2) is 4.79 Å². The first kappa shape index (κ1) is 11.5. The Morgan fingerprint density at radius 3 is 2.73 bits per heavy atom. The summed E-state index contributed by atoms with van der Waals surface area (Å²) in [7, 11) is 1.49. The van der Waals surface area contributed by atoms with Crippen molar-refractivity contribution in [2.24, 2.45) is 5.92 Å². The molecule has 0 unspecified atom stereocenters. The Morgan fingerprint density at radius 1 is 1.53 bits per heavy atom. The van der Waals surface area contributed by atoms with E-state index in [1.54, 1.807) is 13.0 Å². The second-order valence-corrected chi connectivity index (χ2v) is 3.46.